The zero-order valence-electron chi connectivity index (χ0n) is 19.1. The summed E-state index contributed by atoms with van der Waals surface area (Å²) in [6, 6.07) is 9.29. The van der Waals surface area contributed by atoms with Crippen LogP contribution in [0.4, 0.5) is 0 Å². The van der Waals surface area contributed by atoms with Gasteiger partial charge < -0.3 is 23.7 Å². The molecule has 0 aliphatic heterocycles. The number of ether oxygens (including phenoxy) is 5. The van der Waals surface area contributed by atoms with Gasteiger partial charge in [-0.3, -0.25) is 4.98 Å². The first-order chi connectivity index (χ1) is 15.5. The van der Waals surface area contributed by atoms with Gasteiger partial charge >= 0.3 is 5.97 Å². The molecule has 2 aromatic carbocycles. The average molecular weight is 437 g/mol. The maximum atomic E-state index is 12.2. The van der Waals surface area contributed by atoms with Gasteiger partial charge in [0.1, 0.15) is 0 Å². The van der Waals surface area contributed by atoms with Crippen LogP contribution in [-0.2, 0) is 11.2 Å². The highest BCUT2D eigenvalue weighted by molar-refractivity contribution is 5.97. The van der Waals surface area contributed by atoms with Crippen LogP contribution in [0.3, 0.4) is 0 Å². The van der Waals surface area contributed by atoms with Crippen molar-refractivity contribution in [2.24, 2.45) is 0 Å². The highest BCUT2D eigenvalue weighted by Gasteiger charge is 2.25. The van der Waals surface area contributed by atoms with Crippen molar-refractivity contribution in [2.75, 3.05) is 35.5 Å². The van der Waals surface area contributed by atoms with E-state index in [0.29, 0.717) is 35.0 Å². The molecule has 1 heterocycles. The quantitative estimate of drug-likeness (QED) is 0.481. The van der Waals surface area contributed by atoms with Gasteiger partial charge in [0.15, 0.2) is 11.5 Å². The van der Waals surface area contributed by atoms with Crippen molar-refractivity contribution in [1.82, 2.24) is 4.98 Å². The Balaban J connectivity index is 2.12. The lowest BCUT2D eigenvalue weighted by molar-refractivity contribution is 0.0601. The van der Waals surface area contributed by atoms with Crippen molar-refractivity contribution >= 4 is 5.97 Å². The number of carbonyl (C=O) groups is 1. The predicted molar refractivity (Wildman–Crippen MR) is 121 cm³/mol. The lowest BCUT2D eigenvalue weighted by Gasteiger charge is -2.21. The highest BCUT2D eigenvalue weighted by Crippen LogP contribution is 2.49. The Morgan fingerprint density at radius 2 is 1.47 bits per heavy atom. The molecule has 0 bridgehead atoms. The monoisotopic (exact) mass is 437 g/mol. The van der Waals surface area contributed by atoms with E-state index >= 15 is 0 Å². The van der Waals surface area contributed by atoms with Crippen molar-refractivity contribution in [1.29, 1.82) is 0 Å². The summed E-state index contributed by atoms with van der Waals surface area (Å²) in [7, 11) is 7.67. The van der Waals surface area contributed by atoms with Gasteiger partial charge in [-0.25, -0.2) is 4.79 Å². The molecule has 0 saturated heterocycles. The van der Waals surface area contributed by atoms with Gasteiger partial charge in [0.2, 0.25) is 11.5 Å². The molecule has 0 aliphatic rings. The lowest BCUT2D eigenvalue weighted by atomic mass is 9.95. The van der Waals surface area contributed by atoms with Gasteiger partial charge in [0, 0.05) is 35.5 Å². The predicted octanol–water partition coefficient (Wildman–Crippen LogP) is 4.47. The Hall–Kier alpha value is -3.74. The second-order valence-corrected chi connectivity index (χ2v) is 7.03. The number of hydrogen-bond acceptors (Lipinski definition) is 7. The van der Waals surface area contributed by atoms with Crippen LogP contribution in [0, 0.1) is 6.92 Å². The minimum Gasteiger partial charge on any atom is -0.492 e. The van der Waals surface area contributed by atoms with Gasteiger partial charge in [-0.2, -0.15) is 0 Å². The van der Waals surface area contributed by atoms with Gasteiger partial charge in [-0.1, -0.05) is 18.2 Å². The normalized spacial score (nSPS) is 10.4. The van der Waals surface area contributed by atoms with Crippen LogP contribution < -0.4 is 18.9 Å². The van der Waals surface area contributed by atoms with Crippen molar-refractivity contribution in [3.8, 4) is 34.1 Å². The summed E-state index contributed by atoms with van der Waals surface area (Å²) in [6.45, 7) is 1.95. The number of esters is 1. The standard InChI is InChI=1S/C25H27NO6/c1-15-20(22(29-3)24(31-5)23(30-4)21(15)28-2)12-16-11-17(14-26-13-16)18-9-7-8-10-19(18)25(27)32-6/h7-11,13-14H,12H2,1-6H3. The number of benzene rings is 2. The molecule has 7 heteroatoms. The summed E-state index contributed by atoms with van der Waals surface area (Å²) in [5.41, 5.74) is 4.74. The van der Waals surface area contributed by atoms with E-state index in [1.165, 1.54) is 7.11 Å². The maximum absolute atomic E-state index is 12.2. The third-order valence-electron chi connectivity index (χ3n) is 5.32. The van der Waals surface area contributed by atoms with Gasteiger partial charge in [0.25, 0.3) is 0 Å². The molecule has 7 nitrogen and oxygen atoms in total. The van der Waals surface area contributed by atoms with Gasteiger partial charge in [-0.05, 0) is 30.2 Å². The van der Waals surface area contributed by atoms with Crippen LogP contribution in [0.15, 0.2) is 42.7 Å². The molecular weight excluding hydrogens is 410 g/mol. The molecule has 0 atom stereocenters. The Labute approximate surface area is 187 Å². The molecule has 0 amide bonds. The van der Waals surface area contributed by atoms with E-state index in [1.807, 2.05) is 25.1 Å². The molecule has 0 unspecified atom stereocenters. The summed E-state index contributed by atoms with van der Waals surface area (Å²) in [5.74, 6) is 1.70. The van der Waals surface area contributed by atoms with E-state index in [2.05, 4.69) is 4.98 Å². The smallest absolute Gasteiger partial charge is 0.338 e. The van der Waals surface area contributed by atoms with Crippen molar-refractivity contribution in [3.05, 3.63) is 65.0 Å². The number of rotatable bonds is 8. The first-order valence-corrected chi connectivity index (χ1v) is 9.97. The molecule has 0 aliphatic carbocycles. The molecule has 32 heavy (non-hydrogen) atoms. The first-order valence-electron chi connectivity index (χ1n) is 9.97. The largest absolute Gasteiger partial charge is 0.492 e. The summed E-state index contributed by atoms with van der Waals surface area (Å²) in [6.07, 6.45) is 4.02. The third-order valence-corrected chi connectivity index (χ3v) is 5.32. The number of aromatic nitrogens is 1. The zero-order valence-corrected chi connectivity index (χ0v) is 19.1. The molecule has 0 fully saturated rings. The fourth-order valence-electron chi connectivity index (χ4n) is 3.82. The van der Waals surface area contributed by atoms with Crippen LogP contribution in [0.25, 0.3) is 11.1 Å². The summed E-state index contributed by atoms with van der Waals surface area (Å²) in [4.78, 5) is 16.6. The van der Waals surface area contributed by atoms with Gasteiger partial charge in [-0.15, -0.1) is 0 Å². The summed E-state index contributed by atoms with van der Waals surface area (Å²) < 4.78 is 27.3. The fraction of sp³-hybridized carbons (Fsp3) is 0.280. The summed E-state index contributed by atoms with van der Waals surface area (Å²) >= 11 is 0. The summed E-state index contributed by atoms with van der Waals surface area (Å²) in [5, 5.41) is 0. The second kappa shape index (κ2) is 10.0. The van der Waals surface area contributed by atoms with Crippen LogP contribution in [-0.4, -0.2) is 46.5 Å². The van der Waals surface area contributed by atoms with Crippen LogP contribution >= 0.6 is 0 Å². The minimum absolute atomic E-state index is 0.395. The molecule has 0 saturated carbocycles. The number of pyridine rings is 1. The molecule has 1 aromatic heterocycles. The molecule has 0 N–H and O–H groups in total. The van der Waals surface area contributed by atoms with E-state index in [9.17, 15) is 4.79 Å². The van der Waals surface area contributed by atoms with Gasteiger partial charge in [0.05, 0.1) is 41.1 Å². The first kappa shape index (κ1) is 22.9. The van der Waals surface area contributed by atoms with Crippen molar-refractivity contribution in [2.45, 2.75) is 13.3 Å². The zero-order chi connectivity index (χ0) is 23.3. The van der Waals surface area contributed by atoms with E-state index in [4.69, 9.17) is 23.7 Å². The van der Waals surface area contributed by atoms with E-state index in [-0.39, 0.29) is 0 Å². The molecule has 0 radical (unpaired) electrons. The van der Waals surface area contributed by atoms with Crippen LogP contribution in [0.2, 0.25) is 0 Å². The Morgan fingerprint density at radius 3 is 2.09 bits per heavy atom. The number of carbonyl (C=O) groups excluding carboxylic acids is 1. The number of nitrogens with zero attached hydrogens (tertiary/aromatic N) is 1. The fourth-order valence-corrected chi connectivity index (χ4v) is 3.82. The minimum atomic E-state index is -0.395. The number of methoxy groups -OCH3 is 5. The van der Waals surface area contributed by atoms with Crippen LogP contribution in [0.5, 0.6) is 23.0 Å². The third kappa shape index (κ3) is 4.19. The maximum Gasteiger partial charge on any atom is 0.338 e. The van der Waals surface area contributed by atoms with Crippen molar-refractivity contribution in [3.63, 3.8) is 0 Å². The molecule has 3 rings (SSSR count). The molecule has 168 valence electrons. The van der Waals surface area contributed by atoms with E-state index < -0.39 is 5.97 Å². The number of hydrogen-bond donors (Lipinski definition) is 0. The molecule has 0 spiro atoms. The van der Waals surface area contributed by atoms with E-state index in [0.717, 1.165) is 27.8 Å². The van der Waals surface area contributed by atoms with Crippen molar-refractivity contribution < 1.29 is 28.5 Å². The highest BCUT2D eigenvalue weighted by atomic mass is 16.5. The second-order valence-electron chi connectivity index (χ2n) is 7.03. The Morgan fingerprint density at radius 1 is 0.844 bits per heavy atom. The van der Waals surface area contributed by atoms with Crippen LogP contribution in [0.1, 0.15) is 27.0 Å². The lowest BCUT2D eigenvalue weighted by Crippen LogP contribution is -2.06. The average Bonchev–Trinajstić information content (AvgIpc) is 2.84. The molecule has 3 aromatic rings. The SMILES string of the molecule is COC(=O)c1ccccc1-c1cncc(Cc2c(C)c(OC)c(OC)c(OC)c2OC)c1. The van der Waals surface area contributed by atoms with E-state index in [1.54, 1.807) is 53.0 Å². The topological polar surface area (TPSA) is 76.1 Å². The Bertz CT molecular complexity index is 1130. The molecular formula is C25H27NO6. The Kier molecular flexibility index (Phi) is 7.20.